The van der Waals surface area contributed by atoms with E-state index in [9.17, 15) is 0 Å². The van der Waals surface area contributed by atoms with Gasteiger partial charge in [-0.2, -0.15) is 0 Å². The van der Waals surface area contributed by atoms with Crippen molar-refractivity contribution in [3.05, 3.63) is 12.2 Å². The summed E-state index contributed by atoms with van der Waals surface area (Å²) in [6, 6.07) is 0. The molecule has 48 valence electrons. The molecule has 0 aromatic carbocycles. The fraction of sp³-hybridized carbons (Fsp3) is 0.625. The summed E-state index contributed by atoms with van der Waals surface area (Å²) in [6.45, 7) is 1.07. The Kier molecular flexibility index (Phi) is 1.15. The van der Waals surface area contributed by atoms with E-state index in [4.69, 9.17) is 0 Å². The first-order chi connectivity index (χ1) is 4.47. The first kappa shape index (κ1) is 5.21. The van der Waals surface area contributed by atoms with E-state index in [1.165, 1.54) is 25.0 Å². The van der Waals surface area contributed by atoms with Crippen LogP contribution in [0.1, 0.15) is 19.3 Å². The maximum Gasteiger partial charge on any atom is 0.0399 e. The molecule has 1 heterocycles. The van der Waals surface area contributed by atoms with Gasteiger partial charge in [0.15, 0.2) is 0 Å². The first-order valence-electron chi connectivity index (χ1n) is 3.68. The van der Waals surface area contributed by atoms with Crippen molar-refractivity contribution in [2.45, 2.75) is 19.3 Å². The van der Waals surface area contributed by atoms with Gasteiger partial charge in [-0.1, -0.05) is 6.08 Å². The number of hydrogen-bond donors (Lipinski definition) is 0. The van der Waals surface area contributed by atoms with Gasteiger partial charge in [0.2, 0.25) is 0 Å². The molecule has 2 aliphatic rings. The Balaban J connectivity index is 2.24. The second kappa shape index (κ2) is 1.98. The van der Waals surface area contributed by atoms with E-state index in [0.717, 1.165) is 12.5 Å². The van der Waals surface area contributed by atoms with E-state index in [-0.39, 0.29) is 0 Å². The Morgan fingerprint density at radius 3 is 3.33 bits per heavy atom. The van der Waals surface area contributed by atoms with Gasteiger partial charge in [-0.3, -0.25) is 4.99 Å². The van der Waals surface area contributed by atoms with E-state index < -0.39 is 0 Å². The molecule has 1 aliphatic carbocycles. The van der Waals surface area contributed by atoms with Crippen LogP contribution >= 0.6 is 0 Å². The molecule has 0 aromatic rings. The smallest absolute Gasteiger partial charge is 0.0399 e. The van der Waals surface area contributed by atoms with Gasteiger partial charge in [-0.15, -0.1) is 0 Å². The summed E-state index contributed by atoms with van der Waals surface area (Å²) >= 11 is 0. The zero-order valence-corrected chi connectivity index (χ0v) is 5.51. The molecule has 9 heavy (non-hydrogen) atoms. The molecule has 2 rings (SSSR count). The number of nitrogens with zero attached hydrogens (tertiary/aromatic N) is 1. The first-order valence-corrected chi connectivity index (χ1v) is 3.68. The van der Waals surface area contributed by atoms with Crippen molar-refractivity contribution >= 4 is 5.71 Å². The van der Waals surface area contributed by atoms with Crippen LogP contribution in [0.25, 0.3) is 0 Å². The lowest BCUT2D eigenvalue weighted by atomic mass is 9.92. The van der Waals surface area contributed by atoms with Crippen molar-refractivity contribution in [3.8, 4) is 0 Å². The van der Waals surface area contributed by atoms with Gasteiger partial charge in [-0.05, 0) is 25.3 Å². The van der Waals surface area contributed by atoms with Crippen LogP contribution in [0.5, 0.6) is 0 Å². The molecule has 1 unspecified atom stereocenters. The molecule has 1 aliphatic heterocycles. The predicted octanol–water partition coefficient (Wildman–Crippen LogP) is 1.80. The number of allylic oxidation sites excluding steroid dienone is 2. The van der Waals surface area contributed by atoms with Crippen molar-refractivity contribution in [2.24, 2.45) is 10.9 Å². The Morgan fingerprint density at radius 2 is 2.44 bits per heavy atom. The summed E-state index contributed by atoms with van der Waals surface area (Å²) in [5.41, 5.74) is 1.36. The minimum atomic E-state index is 0.829. The highest BCUT2D eigenvalue weighted by Gasteiger charge is 2.19. The summed E-state index contributed by atoms with van der Waals surface area (Å²) in [6.07, 6.45) is 8.35. The number of aliphatic imine (C=N–C) groups is 1. The van der Waals surface area contributed by atoms with E-state index in [1.54, 1.807) is 0 Å². The molecule has 0 saturated carbocycles. The van der Waals surface area contributed by atoms with Crippen LogP contribution in [0.4, 0.5) is 0 Å². The standard InChI is InChI=1S/C8H11N/c1-2-4-8-7(3-1)5-6-9-8/h2,4,7H,1,3,5-6H2. The van der Waals surface area contributed by atoms with Crippen LogP contribution in [0, 0.1) is 5.92 Å². The van der Waals surface area contributed by atoms with Crippen molar-refractivity contribution in [1.82, 2.24) is 0 Å². The molecule has 1 heteroatoms. The Labute approximate surface area is 55.5 Å². The third-order valence-electron chi connectivity index (χ3n) is 2.16. The summed E-state index contributed by atoms with van der Waals surface area (Å²) in [5.74, 6) is 0.829. The molecule has 0 radical (unpaired) electrons. The molecular weight excluding hydrogens is 110 g/mol. The highest BCUT2D eigenvalue weighted by Crippen LogP contribution is 2.23. The Hall–Kier alpha value is -0.590. The third-order valence-corrected chi connectivity index (χ3v) is 2.16. The average molecular weight is 121 g/mol. The van der Waals surface area contributed by atoms with E-state index >= 15 is 0 Å². The van der Waals surface area contributed by atoms with Crippen LogP contribution < -0.4 is 0 Å². The largest absolute Gasteiger partial charge is 0.289 e. The second-order valence-corrected chi connectivity index (χ2v) is 2.77. The lowest BCUT2D eigenvalue weighted by Crippen LogP contribution is -2.09. The zero-order chi connectivity index (χ0) is 6.10. The molecule has 0 aromatic heterocycles. The van der Waals surface area contributed by atoms with Gasteiger partial charge in [0.05, 0.1) is 0 Å². The maximum absolute atomic E-state index is 4.39. The minimum Gasteiger partial charge on any atom is -0.289 e. The predicted molar refractivity (Wildman–Crippen MR) is 38.8 cm³/mol. The van der Waals surface area contributed by atoms with Gasteiger partial charge in [0.1, 0.15) is 0 Å². The van der Waals surface area contributed by atoms with Crippen LogP contribution in [0.2, 0.25) is 0 Å². The zero-order valence-electron chi connectivity index (χ0n) is 5.51. The topological polar surface area (TPSA) is 12.4 Å². The Morgan fingerprint density at radius 1 is 1.44 bits per heavy atom. The molecule has 0 bridgehead atoms. The Bertz CT molecular complexity index is 167. The lowest BCUT2D eigenvalue weighted by molar-refractivity contribution is 0.619. The molecule has 0 amide bonds. The SMILES string of the molecule is C1=CC2=NCCC2CC1. The van der Waals surface area contributed by atoms with Crippen molar-refractivity contribution in [3.63, 3.8) is 0 Å². The molecule has 0 spiro atoms. The van der Waals surface area contributed by atoms with Crippen molar-refractivity contribution in [1.29, 1.82) is 0 Å². The van der Waals surface area contributed by atoms with Crippen molar-refractivity contribution in [2.75, 3.05) is 6.54 Å². The van der Waals surface area contributed by atoms with Gasteiger partial charge < -0.3 is 0 Å². The van der Waals surface area contributed by atoms with Gasteiger partial charge in [0, 0.05) is 18.2 Å². The maximum atomic E-state index is 4.39. The van der Waals surface area contributed by atoms with E-state index in [2.05, 4.69) is 17.1 Å². The fourth-order valence-corrected chi connectivity index (χ4v) is 1.61. The van der Waals surface area contributed by atoms with Crippen molar-refractivity contribution < 1.29 is 0 Å². The molecular formula is C8H11N. The molecule has 1 atom stereocenters. The summed E-state index contributed by atoms with van der Waals surface area (Å²) in [5, 5.41) is 0. The minimum absolute atomic E-state index is 0.829. The number of hydrogen-bond acceptors (Lipinski definition) is 1. The number of rotatable bonds is 0. The average Bonchev–Trinajstić information content (AvgIpc) is 2.33. The highest BCUT2D eigenvalue weighted by molar-refractivity contribution is 5.98. The summed E-state index contributed by atoms with van der Waals surface area (Å²) in [4.78, 5) is 4.39. The highest BCUT2D eigenvalue weighted by atomic mass is 14.8. The van der Waals surface area contributed by atoms with E-state index in [0.29, 0.717) is 0 Å². The van der Waals surface area contributed by atoms with Crippen LogP contribution in [0.15, 0.2) is 17.1 Å². The molecule has 0 N–H and O–H groups in total. The van der Waals surface area contributed by atoms with E-state index in [1.807, 2.05) is 0 Å². The van der Waals surface area contributed by atoms with Gasteiger partial charge in [0.25, 0.3) is 0 Å². The van der Waals surface area contributed by atoms with Crippen LogP contribution in [0.3, 0.4) is 0 Å². The monoisotopic (exact) mass is 121 g/mol. The quantitative estimate of drug-likeness (QED) is 0.463. The van der Waals surface area contributed by atoms with Gasteiger partial charge in [-0.25, -0.2) is 0 Å². The molecule has 0 saturated heterocycles. The lowest BCUT2D eigenvalue weighted by Gasteiger charge is -2.11. The van der Waals surface area contributed by atoms with Gasteiger partial charge >= 0.3 is 0 Å². The normalized spacial score (nSPS) is 32.0. The third kappa shape index (κ3) is 0.805. The second-order valence-electron chi connectivity index (χ2n) is 2.77. The summed E-state index contributed by atoms with van der Waals surface area (Å²) in [7, 11) is 0. The number of fused-ring (bicyclic) bond motifs is 1. The molecule has 0 fully saturated rings. The van der Waals surface area contributed by atoms with Crippen LogP contribution in [-0.2, 0) is 0 Å². The van der Waals surface area contributed by atoms with Crippen LogP contribution in [-0.4, -0.2) is 12.3 Å². The summed E-state index contributed by atoms with van der Waals surface area (Å²) < 4.78 is 0. The molecule has 1 nitrogen and oxygen atoms in total. The fourth-order valence-electron chi connectivity index (χ4n) is 1.61.